The molecule has 4 aromatic rings. The molecule has 5 nitrogen and oxygen atoms in total. The number of ether oxygens (including phenoxy) is 1. The van der Waals surface area contributed by atoms with Gasteiger partial charge in [0.25, 0.3) is 5.91 Å². The van der Waals surface area contributed by atoms with Crippen molar-refractivity contribution in [1.29, 1.82) is 0 Å². The van der Waals surface area contributed by atoms with E-state index in [4.69, 9.17) is 9.72 Å². The lowest BCUT2D eigenvalue weighted by atomic mass is 9.87. The van der Waals surface area contributed by atoms with E-state index < -0.39 is 0 Å². The molecule has 0 aliphatic carbocycles. The SMILES string of the molecule is COc1ccc(CN2CCC(=C(c3ccc(C(=O)N(C(C)C)C(C)C)cc3)c3cccc4cccnc34)CC2)cc1. The van der Waals surface area contributed by atoms with Crippen LogP contribution in [0.25, 0.3) is 16.5 Å². The number of nitrogens with zero attached hydrogens (tertiary/aromatic N) is 3. The summed E-state index contributed by atoms with van der Waals surface area (Å²) in [7, 11) is 1.70. The maximum absolute atomic E-state index is 13.4. The highest BCUT2D eigenvalue weighted by Gasteiger charge is 2.24. The molecule has 1 saturated heterocycles. The Morgan fingerprint density at radius 1 is 0.854 bits per heavy atom. The van der Waals surface area contributed by atoms with Crippen molar-refractivity contribution in [2.45, 2.75) is 59.2 Å². The average molecular weight is 548 g/mol. The number of amides is 1. The quantitative estimate of drug-likeness (QED) is 0.228. The molecule has 1 amide bonds. The first kappa shape index (κ1) is 28.6. The van der Waals surface area contributed by atoms with Crippen molar-refractivity contribution in [2.75, 3.05) is 20.2 Å². The number of para-hydroxylation sites is 1. The maximum atomic E-state index is 13.4. The maximum Gasteiger partial charge on any atom is 0.254 e. The first-order chi connectivity index (χ1) is 19.9. The van der Waals surface area contributed by atoms with Crippen molar-refractivity contribution < 1.29 is 9.53 Å². The summed E-state index contributed by atoms with van der Waals surface area (Å²) in [5.41, 5.74) is 8.04. The van der Waals surface area contributed by atoms with Crippen LogP contribution in [0.1, 0.15) is 67.6 Å². The lowest BCUT2D eigenvalue weighted by Crippen LogP contribution is -2.42. The molecule has 1 aromatic heterocycles. The Labute approximate surface area is 244 Å². The Kier molecular flexibility index (Phi) is 8.84. The zero-order valence-corrected chi connectivity index (χ0v) is 24.9. The van der Waals surface area contributed by atoms with Gasteiger partial charge in [-0.2, -0.15) is 0 Å². The molecule has 0 N–H and O–H groups in total. The molecule has 0 bridgehead atoms. The van der Waals surface area contributed by atoms with Crippen molar-refractivity contribution in [3.63, 3.8) is 0 Å². The fourth-order valence-corrected chi connectivity index (χ4v) is 6.07. The second-order valence-corrected chi connectivity index (χ2v) is 11.5. The highest BCUT2D eigenvalue weighted by molar-refractivity contribution is 5.98. The molecule has 1 fully saturated rings. The topological polar surface area (TPSA) is 45.7 Å². The Morgan fingerprint density at radius 2 is 1.49 bits per heavy atom. The summed E-state index contributed by atoms with van der Waals surface area (Å²) in [4.78, 5) is 22.6. The van der Waals surface area contributed by atoms with Crippen molar-refractivity contribution in [2.24, 2.45) is 0 Å². The Morgan fingerprint density at radius 3 is 2.12 bits per heavy atom. The van der Waals surface area contributed by atoms with E-state index in [2.05, 4.69) is 81.1 Å². The summed E-state index contributed by atoms with van der Waals surface area (Å²) in [6, 6.07) is 27.5. The number of fused-ring (bicyclic) bond motifs is 1. The van der Waals surface area contributed by atoms with Crippen LogP contribution in [0.4, 0.5) is 0 Å². The zero-order valence-electron chi connectivity index (χ0n) is 24.9. The molecule has 0 atom stereocenters. The van der Waals surface area contributed by atoms with E-state index in [1.165, 1.54) is 16.7 Å². The van der Waals surface area contributed by atoms with Gasteiger partial charge in [0, 0.05) is 54.4 Å². The van der Waals surface area contributed by atoms with E-state index >= 15 is 0 Å². The predicted octanol–water partition coefficient (Wildman–Crippen LogP) is 7.60. The van der Waals surface area contributed by atoms with Gasteiger partial charge in [-0.05, 0) is 87.6 Å². The molecule has 212 valence electrons. The van der Waals surface area contributed by atoms with E-state index in [-0.39, 0.29) is 18.0 Å². The monoisotopic (exact) mass is 547 g/mol. The molecule has 0 radical (unpaired) electrons. The van der Waals surface area contributed by atoms with Crippen LogP contribution < -0.4 is 4.74 Å². The summed E-state index contributed by atoms with van der Waals surface area (Å²) in [5.74, 6) is 0.967. The number of aromatic nitrogens is 1. The number of piperidine rings is 1. The molecule has 1 aliphatic heterocycles. The van der Waals surface area contributed by atoms with Crippen LogP contribution in [0.2, 0.25) is 0 Å². The number of methoxy groups -OCH3 is 1. The summed E-state index contributed by atoms with van der Waals surface area (Å²) in [6.45, 7) is 11.2. The van der Waals surface area contributed by atoms with Gasteiger partial charge in [0.1, 0.15) is 5.75 Å². The third-order valence-corrected chi connectivity index (χ3v) is 8.05. The highest BCUT2D eigenvalue weighted by atomic mass is 16.5. The predicted molar refractivity (Wildman–Crippen MR) is 168 cm³/mol. The lowest BCUT2D eigenvalue weighted by molar-refractivity contribution is 0.0643. The number of benzene rings is 3. The van der Waals surface area contributed by atoms with E-state index in [0.717, 1.165) is 65.8 Å². The molecule has 5 heteroatoms. The first-order valence-electron chi connectivity index (χ1n) is 14.7. The van der Waals surface area contributed by atoms with Gasteiger partial charge >= 0.3 is 0 Å². The fraction of sp³-hybridized carbons (Fsp3) is 0.333. The molecular formula is C36H41N3O2. The largest absolute Gasteiger partial charge is 0.497 e. The van der Waals surface area contributed by atoms with Crippen molar-refractivity contribution in [3.8, 4) is 5.75 Å². The minimum Gasteiger partial charge on any atom is -0.497 e. The number of carbonyl (C=O) groups is 1. The summed E-state index contributed by atoms with van der Waals surface area (Å²) >= 11 is 0. The summed E-state index contributed by atoms with van der Waals surface area (Å²) < 4.78 is 5.32. The van der Waals surface area contributed by atoms with Crippen molar-refractivity contribution in [3.05, 3.63) is 113 Å². The molecule has 2 heterocycles. The van der Waals surface area contributed by atoms with Crippen LogP contribution in [0.15, 0.2) is 90.6 Å². The Bertz CT molecular complexity index is 1500. The highest BCUT2D eigenvalue weighted by Crippen LogP contribution is 2.36. The minimum absolute atomic E-state index is 0.0782. The summed E-state index contributed by atoms with van der Waals surface area (Å²) in [6.07, 6.45) is 3.85. The van der Waals surface area contributed by atoms with Gasteiger partial charge in [-0.1, -0.05) is 54.1 Å². The van der Waals surface area contributed by atoms with Crippen LogP contribution in [-0.4, -0.2) is 53.0 Å². The fourth-order valence-electron chi connectivity index (χ4n) is 6.07. The van der Waals surface area contributed by atoms with Gasteiger partial charge in [0.15, 0.2) is 0 Å². The molecule has 0 spiro atoms. The molecule has 5 rings (SSSR count). The van der Waals surface area contributed by atoms with Crippen LogP contribution in [0.3, 0.4) is 0 Å². The van der Waals surface area contributed by atoms with Gasteiger partial charge in [-0.15, -0.1) is 0 Å². The number of rotatable bonds is 8. The summed E-state index contributed by atoms with van der Waals surface area (Å²) in [5, 5.41) is 1.14. The third-order valence-electron chi connectivity index (χ3n) is 8.05. The van der Waals surface area contributed by atoms with Crippen molar-refractivity contribution in [1.82, 2.24) is 14.8 Å². The van der Waals surface area contributed by atoms with Gasteiger partial charge < -0.3 is 9.64 Å². The second-order valence-electron chi connectivity index (χ2n) is 11.5. The van der Waals surface area contributed by atoms with Crippen LogP contribution >= 0.6 is 0 Å². The van der Waals surface area contributed by atoms with Gasteiger partial charge in [0.2, 0.25) is 0 Å². The normalized spacial score (nSPS) is 14.1. The van der Waals surface area contributed by atoms with Gasteiger partial charge in [-0.3, -0.25) is 14.7 Å². The standard InChI is InChI=1S/C36H41N3O2/c1-25(2)39(26(3)4)36(40)31-15-13-28(14-16-31)34(33-10-6-8-30-9-7-21-37-35(30)33)29-19-22-38(23-20-29)24-27-11-17-32(41-5)18-12-27/h6-18,21,25-26H,19-20,22-24H2,1-5H3. The zero-order chi connectivity index (χ0) is 28.9. The van der Waals surface area contributed by atoms with E-state index in [9.17, 15) is 4.79 Å². The smallest absolute Gasteiger partial charge is 0.254 e. The molecule has 0 saturated carbocycles. The third kappa shape index (κ3) is 6.36. The van der Waals surface area contributed by atoms with E-state index in [1.54, 1.807) is 7.11 Å². The first-order valence-corrected chi connectivity index (χ1v) is 14.7. The minimum atomic E-state index is 0.0782. The average Bonchev–Trinajstić information content (AvgIpc) is 2.98. The molecule has 1 aliphatic rings. The van der Waals surface area contributed by atoms with Crippen molar-refractivity contribution >= 4 is 22.4 Å². The lowest BCUT2D eigenvalue weighted by Gasteiger charge is -2.31. The van der Waals surface area contributed by atoms with Gasteiger partial charge in [0.05, 0.1) is 12.6 Å². The number of pyridine rings is 1. The second kappa shape index (κ2) is 12.7. The Hall–Kier alpha value is -3.96. The van der Waals surface area contributed by atoms with Crippen LogP contribution in [0.5, 0.6) is 5.75 Å². The van der Waals surface area contributed by atoms with Crippen LogP contribution in [0, 0.1) is 0 Å². The Balaban J connectivity index is 1.47. The molecule has 0 unspecified atom stereocenters. The molecular weight excluding hydrogens is 506 g/mol. The van der Waals surface area contributed by atoms with Crippen LogP contribution in [-0.2, 0) is 6.54 Å². The molecule has 41 heavy (non-hydrogen) atoms. The number of hydrogen-bond donors (Lipinski definition) is 0. The van der Waals surface area contributed by atoms with Gasteiger partial charge in [-0.25, -0.2) is 0 Å². The number of hydrogen-bond acceptors (Lipinski definition) is 4. The molecule has 3 aromatic carbocycles. The number of carbonyl (C=O) groups excluding carboxylic acids is 1. The number of likely N-dealkylation sites (tertiary alicyclic amines) is 1. The van der Waals surface area contributed by atoms with E-state index in [0.29, 0.717) is 0 Å². The van der Waals surface area contributed by atoms with E-state index in [1.807, 2.05) is 41.4 Å².